The minimum absolute atomic E-state index is 0.231. The predicted molar refractivity (Wildman–Crippen MR) is 57.2 cm³/mol. The number of hydrogen-bond donors (Lipinski definition) is 1. The summed E-state index contributed by atoms with van der Waals surface area (Å²) in [6.07, 6.45) is 0.152. The van der Waals surface area contributed by atoms with Gasteiger partial charge in [-0.2, -0.15) is 0 Å². The minimum atomic E-state index is -0.373. The summed E-state index contributed by atoms with van der Waals surface area (Å²) in [5, 5.41) is 21.2. The number of aliphatic hydroxyl groups is 1. The molecule has 5 heteroatoms. The molecule has 0 fully saturated rings. The van der Waals surface area contributed by atoms with Crippen molar-refractivity contribution in [3.63, 3.8) is 0 Å². The van der Waals surface area contributed by atoms with Crippen molar-refractivity contribution < 1.29 is 5.11 Å². The minimum Gasteiger partial charge on any atom is -0.392 e. The van der Waals surface area contributed by atoms with Crippen LogP contribution in [0.4, 0.5) is 0 Å². The van der Waals surface area contributed by atoms with Crippen molar-refractivity contribution in [3.05, 3.63) is 5.82 Å². The molecule has 0 spiro atoms. The van der Waals surface area contributed by atoms with Crippen molar-refractivity contribution in [1.82, 2.24) is 20.2 Å². The van der Waals surface area contributed by atoms with Crippen LogP contribution in [0.1, 0.15) is 33.5 Å². The highest BCUT2D eigenvalue weighted by molar-refractivity contribution is 4.85. The second kappa shape index (κ2) is 5.21. The van der Waals surface area contributed by atoms with Crippen molar-refractivity contribution in [1.29, 1.82) is 0 Å². The zero-order valence-corrected chi connectivity index (χ0v) is 9.88. The van der Waals surface area contributed by atoms with Gasteiger partial charge in [0.2, 0.25) is 0 Å². The SMILES string of the molecule is CC(C)Cn1nnnc1CC(O)C(C)C. The van der Waals surface area contributed by atoms with Crippen LogP contribution in [0, 0.1) is 11.8 Å². The summed E-state index contributed by atoms with van der Waals surface area (Å²) < 4.78 is 1.77. The van der Waals surface area contributed by atoms with E-state index in [0.29, 0.717) is 12.3 Å². The summed E-state index contributed by atoms with van der Waals surface area (Å²) in [7, 11) is 0. The van der Waals surface area contributed by atoms with E-state index in [2.05, 4.69) is 29.4 Å². The van der Waals surface area contributed by atoms with Gasteiger partial charge in [-0.25, -0.2) is 4.68 Å². The zero-order chi connectivity index (χ0) is 11.4. The molecule has 0 saturated heterocycles. The van der Waals surface area contributed by atoms with Crippen LogP contribution in [0.15, 0.2) is 0 Å². The molecule has 0 amide bonds. The first-order valence-electron chi connectivity index (χ1n) is 5.43. The Morgan fingerprint density at radius 1 is 1.27 bits per heavy atom. The second-order valence-corrected chi connectivity index (χ2v) is 4.69. The fraction of sp³-hybridized carbons (Fsp3) is 0.900. The number of hydrogen-bond acceptors (Lipinski definition) is 4. The summed E-state index contributed by atoms with van der Waals surface area (Å²) in [6, 6.07) is 0. The Kier molecular flexibility index (Phi) is 4.20. The first kappa shape index (κ1) is 12.1. The molecule has 15 heavy (non-hydrogen) atoms. The van der Waals surface area contributed by atoms with Gasteiger partial charge in [0.25, 0.3) is 0 Å². The van der Waals surface area contributed by atoms with Crippen LogP contribution in [0.3, 0.4) is 0 Å². The molecule has 0 radical (unpaired) electrons. The predicted octanol–water partition coefficient (Wildman–Crippen LogP) is 0.888. The van der Waals surface area contributed by atoms with Crippen LogP contribution in [0.2, 0.25) is 0 Å². The smallest absolute Gasteiger partial charge is 0.153 e. The van der Waals surface area contributed by atoms with E-state index in [0.717, 1.165) is 12.4 Å². The van der Waals surface area contributed by atoms with E-state index >= 15 is 0 Å². The first-order valence-corrected chi connectivity index (χ1v) is 5.43. The van der Waals surface area contributed by atoms with E-state index in [4.69, 9.17) is 0 Å². The standard InChI is InChI=1S/C10H20N4O/c1-7(2)6-14-10(11-12-13-14)5-9(15)8(3)4/h7-9,15H,5-6H2,1-4H3. The molecule has 1 rings (SSSR count). The lowest BCUT2D eigenvalue weighted by molar-refractivity contribution is 0.122. The van der Waals surface area contributed by atoms with Gasteiger partial charge in [0, 0.05) is 13.0 Å². The monoisotopic (exact) mass is 212 g/mol. The molecule has 0 aliphatic carbocycles. The molecule has 0 bridgehead atoms. The maximum absolute atomic E-state index is 9.75. The number of rotatable bonds is 5. The first-order chi connectivity index (χ1) is 7.00. The fourth-order valence-corrected chi connectivity index (χ4v) is 1.28. The van der Waals surface area contributed by atoms with E-state index in [1.54, 1.807) is 4.68 Å². The summed E-state index contributed by atoms with van der Waals surface area (Å²) in [5.74, 6) is 1.50. The third-order valence-electron chi connectivity index (χ3n) is 2.31. The molecule has 0 aliphatic heterocycles. The van der Waals surface area contributed by atoms with Gasteiger partial charge in [0.1, 0.15) is 0 Å². The van der Waals surface area contributed by atoms with Gasteiger partial charge in [-0.15, -0.1) is 5.10 Å². The van der Waals surface area contributed by atoms with Crippen molar-refractivity contribution >= 4 is 0 Å². The Morgan fingerprint density at radius 3 is 2.47 bits per heavy atom. The van der Waals surface area contributed by atoms with E-state index in [-0.39, 0.29) is 12.0 Å². The van der Waals surface area contributed by atoms with E-state index in [1.807, 2.05) is 13.8 Å². The summed E-state index contributed by atoms with van der Waals surface area (Å²) in [6.45, 7) is 9.00. The number of aromatic nitrogens is 4. The fourth-order valence-electron chi connectivity index (χ4n) is 1.28. The second-order valence-electron chi connectivity index (χ2n) is 4.69. The van der Waals surface area contributed by atoms with E-state index < -0.39 is 0 Å². The maximum Gasteiger partial charge on any atom is 0.153 e. The van der Waals surface area contributed by atoms with Crippen molar-refractivity contribution in [2.75, 3.05) is 0 Å². The number of aliphatic hydroxyl groups excluding tert-OH is 1. The molecule has 86 valence electrons. The molecular weight excluding hydrogens is 192 g/mol. The molecule has 1 atom stereocenters. The van der Waals surface area contributed by atoms with Crippen LogP contribution in [-0.2, 0) is 13.0 Å². The topological polar surface area (TPSA) is 63.8 Å². The lowest BCUT2D eigenvalue weighted by Gasteiger charge is -2.14. The van der Waals surface area contributed by atoms with Crippen LogP contribution in [0.5, 0.6) is 0 Å². The average molecular weight is 212 g/mol. The zero-order valence-electron chi connectivity index (χ0n) is 9.88. The molecule has 0 saturated carbocycles. The summed E-state index contributed by atoms with van der Waals surface area (Å²) in [4.78, 5) is 0. The number of nitrogens with zero attached hydrogens (tertiary/aromatic N) is 4. The lowest BCUT2D eigenvalue weighted by Crippen LogP contribution is -2.21. The van der Waals surface area contributed by atoms with Crippen LogP contribution in [0.25, 0.3) is 0 Å². The molecule has 1 aromatic heterocycles. The normalized spacial score (nSPS) is 13.8. The highest BCUT2D eigenvalue weighted by atomic mass is 16.3. The van der Waals surface area contributed by atoms with Gasteiger partial charge < -0.3 is 5.11 Å². The Bertz CT molecular complexity index is 295. The number of tetrazole rings is 1. The molecule has 1 N–H and O–H groups in total. The summed E-state index contributed by atoms with van der Waals surface area (Å²) >= 11 is 0. The molecular formula is C10H20N4O. The molecule has 1 heterocycles. The third-order valence-corrected chi connectivity index (χ3v) is 2.31. The molecule has 1 unspecified atom stereocenters. The summed E-state index contributed by atoms with van der Waals surface area (Å²) in [5.41, 5.74) is 0. The third kappa shape index (κ3) is 3.58. The van der Waals surface area contributed by atoms with Crippen molar-refractivity contribution in [2.24, 2.45) is 11.8 Å². The maximum atomic E-state index is 9.75. The Morgan fingerprint density at radius 2 is 1.93 bits per heavy atom. The van der Waals surface area contributed by atoms with Crippen LogP contribution in [-0.4, -0.2) is 31.4 Å². The van der Waals surface area contributed by atoms with Gasteiger partial charge in [-0.1, -0.05) is 27.7 Å². The lowest BCUT2D eigenvalue weighted by atomic mass is 10.0. The van der Waals surface area contributed by atoms with Crippen molar-refractivity contribution in [3.8, 4) is 0 Å². The van der Waals surface area contributed by atoms with Crippen molar-refractivity contribution in [2.45, 2.75) is 46.8 Å². The van der Waals surface area contributed by atoms with E-state index in [9.17, 15) is 5.11 Å². The van der Waals surface area contributed by atoms with Crippen LogP contribution < -0.4 is 0 Å². The van der Waals surface area contributed by atoms with Gasteiger partial charge in [0.15, 0.2) is 5.82 Å². The van der Waals surface area contributed by atoms with Gasteiger partial charge in [-0.05, 0) is 22.3 Å². The Balaban J connectivity index is 2.64. The molecule has 0 aliphatic rings. The van der Waals surface area contributed by atoms with Crippen LogP contribution >= 0.6 is 0 Å². The Labute approximate surface area is 90.5 Å². The molecule has 5 nitrogen and oxygen atoms in total. The van der Waals surface area contributed by atoms with Gasteiger partial charge in [0.05, 0.1) is 6.10 Å². The molecule has 0 aromatic carbocycles. The Hall–Kier alpha value is -0.970. The van der Waals surface area contributed by atoms with E-state index in [1.165, 1.54) is 0 Å². The quantitative estimate of drug-likeness (QED) is 0.787. The highest BCUT2D eigenvalue weighted by Crippen LogP contribution is 2.08. The largest absolute Gasteiger partial charge is 0.392 e. The average Bonchev–Trinajstić information content (AvgIpc) is 2.51. The van der Waals surface area contributed by atoms with Gasteiger partial charge >= 0.3 is 0 Å². The highest BCUT2D eigenvalue weighted by Gasteiger charge is 2.15. The molecule has 1 aromatic rings. The van der Waals surface area contributed by atoms with Gasteiger partial charge in [-0.3, -0.25) is 0 Å².